The van der Waals surface area contributed by atoms with Crippen LogP contribution in [0.3, 0.4) is 0 Å². The van der Waals surface area contributed by atoms with Crippen molar-refractivity contribution in [3.8, 4) is 38.1 Å². The van der Waals surface area contributed by atoms with Crippen LogP contribution in [0, 0.1) is 17.5 Å². The molecule has 5 rings (SSSR count). The van der Waals surface area contributed by atoms with Crippen molar-refractivity contribution < 1.29 is 26.3 Å². The van der Waals surface area contributed by atoms with E-state index in [1.807, 2.05) is 35.1 Å². The van der Waals surface area contributed by atoms with Crippen LogP contribution in [0.2, 0.25) is 0 Å². The number of sulfonamides is 1. The van der Waals surface area contributed by atoms with Gasteiger partial charge in [0.2, 0.25) is 5.95 Å². The average Bonchev–Trinajstić information content (AvgIpc) is 3.35. The predicted molar refractivity (Wildman–Crippen MR) is 142 cm³/mol. The number of nitrogens with two attached hydrogens (primary N) is 1. The van der Waals surface area contributed by atoms with Crippen LogP contribution < -0.4 is 15.2 Å². The summed E-state index contributed by atoms with van der Waals surface area (Å²) in [4.78, 5) is 11.9. The molecule has 0 unspecified atom stereocenters. The summed E-state index contributed by atoms with van der Waals surface area (Å²) in [6.45, 7) is 0. The van der Waals surface area contributed by atoms with E-state index >= 15 is 4.39 Å². The minimum absolute atomic E-state index is 0.00126. The number of thiazole rings is 1. The third-order valence-corrected chi connectivity index (χ3v) is 8.07. The van der Waals surface area contributed by atoms with E-state index in [9.17, 15) is 17.2 Å². The Kier molecular flexibility index (Phi) is 6.93. The summed E-state index contributed by atoms with van der Waals surface area (Å²) in [6, 6.07) is 16.1. The van der Waals surface area contributed by atoms with E-state index in [0.717, 1.165) is 11.6 Å². The van der Waals surface area contributed by atoms with E-state index in [2.05, 4.69) is 15.0 Å². The van der Waals surface area contributed by atoms with Crippen LogP contribution in [-0.4, -0.2) is 30.5 Å². The van der Waals surface area contributed by atoms with Gasteiger partial charge in [0, 0.05) is 29.5 Å². The zero-order chi connectivity index (χ0) is 27.7. The zero-order valence-corrected chi connectivity index (χ0v) is 21.7. The van der Waals surface area contributed by atoms with Gasteiger partial charge in [-0.2, -0.15) is 0 Å². The number of halogens is 3. The first-order valence-corrected chi connectivity index (χ1v) is 13.5. The molecule has 0 aliphatic heterocycles. The van der Waals surface area contributed by atoms with Crippen molar-refractivity contribution in [2.75, 3.05) is 17.6 Å². The monoisotopic (exact) mass is 569 g/mol. The SMILES string of the molecule is COc1cc(F)c(S(=O)(=O)Nc2cccc(-c3nc(-c4ccccc4)sc3-c3ccnc(N)n3)c2F)c(F)c1. The van der Waals surface area contributed by atoms with Crippen molar-refractivity contribution in [2.24, 2.45) is 0 Å². The second kappa shape index (κ2) is 10.3. The van der Waals surface area contributed by atoms with Crippen molar-refractivity contribution in [3.63, 3.8) is 0 Å². The molecular formula is C26H18F3N5O3S2. The lowest BCUT2D eigenvalue weighted by Gasteiger charge is -2.13. The van der Waals surface area contributed by atoms with E-state index in [1.54, 1.807) is 6.07 Å². The lowest BCUT2D eigenvalue weighted by atomic mass is 10.1. The fourth-order valence-corrected chi connectivity index (χ4v) is 6.02. The molecule has 0 saturated heterocycles. The maximum atomic E-state index is 15.9. The lowest BCUT2D eigenvalue weighted by molar-refractivity contribution is 0.402. The molecule has 0 saturated carbocycles. The highest BCUT2D eigenvalue weighted by Crippen LogP contribution is 2.42. The van der Waals surface area contributed by atoms with Gasteiger partial charge in [0.15, 0.2) is 10.7 Å². The molecule has 2 aromatic heterocycles. The summed E-state index contributed by atoms with van der Waals surface area (Å²) in [5.41, 5.74) is 6.46. The Balaban J connectivity index is 1.62. The molecule has 0 amide bonds. The van der Waals surface area contributed by atoms with E-state index in [1.165, 1.54) is 36.8 Å². The minimum Gasteiger partial charge on any atom is -0.497 e. The van der Waals surface area contributed by atoms with Gasteiger partial charge in [-0.15, -0.1) is 11.3 Å². The fourth-order valence-electron chi connectivity index (χ4n) is 3.78. The van der Waals surface area contributed by atoms with Gasteiger partial charge >= 0.3 is 0 Å². The Labute approximate surface area is 225 Å². The topological polar surface area (TPSA) is 120 Å². The highest BCUT2D eigenvalue weighted by atomic mass is 32.2. The molecule has 2 heterocycles. The first-order chi connectivity index (χ1) is 18.7. The van der Waals surface area contributed by atoms with Crippen molar-refractivity contribution in [3.05, 3.63) is 90.4 Å². The molecule has 0 aliphatic carbocycles. The van der Waals surface area contributed by atoms with Crippen molar-refractivity contribution in [2.45, 2.75) is 4.90 Å². The molecule has 8 nitrogen and oxygen atoms in total. The van der Waals surface area contributed by atoms with Crippen LogP contribution in [0.15, 0.2) is 77.8 Å². The van der Waals surface area contributed by atoms with E-state index in [4.69, 9.17) is 10.5 Å². The number of ether oxygens (including phenoxy) is 1. The molecule has 0 spiro atoms. The number of benzene rings is 3. The molecule has 3 N–H and O–H groups in total. The van der Waals surface area contributed by atoms with Gasteiger partial charge in [0.25, 0.3) is 10.0 Å². The second-order valence-corrected chi connectivity index (χ2v) is 10.7. The largest absolute Gasteiger partial charge is 0.497 e. The van der Waals surface area contributed by atoms with E-state index < -0.39 is 38.1 Å². The summed E-state index contributed by atoms with van der Waals surface area (Å²) in [5, 5.41) is 0.547. The van der Waals surface area contributed by atoms with Gasteiger partial charge in [0.1, 0.15) is 22.4 Å². The van der Waals surface area contributed by atoms with Gasteiger partial charge in [0.05, 0.1) is 29.1 Å². The number of nitrogens with zero attached hydrogens (tertiary/aromatic N) is 3. The van der Waals surface area contributed by atoms with Gasteiger partial charge in [-0.1, -0.05) is 36.4 Å². The zero-order valence-electron chi connectivity index (χ0n) is 20.0. The van der Waals surface area contributed by atoms with Gasteiger partial charge < -0.3 is 10.5 Å². The highest BCUT2D eigenvalue weighted by molar-refractivity contribution is 7.92. The van der Waals surface area contributed by atoms with Gasteiger partial charge in [-0.25, -0.2) is 36.5 Å². The normalized spacial score (nSPS) is 11.4. The Hall–Kier alpha value is -4.49. The summed E-state index contributed by atoms with van der Waals surface area (Å²) in [6.07, 6.45) is 1.45. The highest BCUT2D eigenvalue weighted by Gasteiger charge is 2.28. The van der Waals surface area contributed by atoms with Crippen LogP contribution in [0.1, 0.15) is 0 Å². The molecule has 13 heteroatoms. The van der Waals surface area contributed by atoms with Crippen LogP contribution >= 0.6 is 11.3 Å². The maximum Gasteiger partial charge on any atom is 0.267 e. The third kappa shape index (κ3) is 5.13. The number of nitrogen functional groups attached to an aromatic ring is 1. The Morgan fingerprint density at radius 3 is 2.33 bits per heavy atom. The first-order valence-electron chi connectivity index (χ1n) is 11.2. The number of anilines is 2. The number of methoxy groups -OCH3 is 1. The molecule has 5 aromatic rings. The van der Waals surface area contributed by atoms with Crippen LogP contribution in [0.4, 0.5) is 24.8 Å². The number of aromatic nitrogens is 3. The molecule has 0 aliphatic rings. The van der Waals surface area contributed by atoms with Gasteiger partial charge in [-0.3, -0.25) is 4.72 Å². The molecule has 0 radical (unpaired) electrons. The summed E-state index contributed by atoms with van der Waals surface area (Å²) < 4.78 is 77.4. The quantitative estimate of drug-likeness (QED) is 0.256. The van der Waals surface area contributed by atoms with Crippen molar-refractivity contribution in [1.82, 2.24) is 15.0 Å². The Morgan fingerprint density at radius 1 is 0.949 bits per heavy atom. The molecule has 3 aromatic carbocycles. The second-order valence-electron chi connectivity index (χ2n) is 8.06. The fraction of sp³-hybridized carbons (Fsp3) is 0.0385. The average molecular weight is 570 g/mol. The minimum atomic E-state index is -4.88. The van der Waals surface area contributed by atoms with Crippen LogP contribution in [-0.2, 0) is 10.0 Å². The molecule has 0 bridgehead atoms. The maximum absolute atomic E-state index is 15.9. The van der Waals surface area contributed by atoms with Crippen LogP contribution in [0.5, 0.6) is 5.75 Å². The summed E-state index contributed by atoms with van der Waals surface area (Å²) in [7, 11) is -3.70. The first kappa shape index (κ1) is 26.1. The number of hydrogen-bond donors (Lipinski definition) is 2. The van der Waals surface area contributed by atoms with Crippen molar-refractivity contribution in [1.29, 1.82) is 0 Å². The van der Waals surface area contributed by atoms with Crippen molar-refractivity contribution >= 4 is 33.0 Å². The molecule has 198 valence electrons. The van der Waals surface area contributed by atoms with Gasteiger partial charge in [-0.05, 0) is 18.2 Å². The molecule has 0 fully saturated rings. The molecule has 39 heavy (non-hydrogen) atoms. The molecule has 0 atom stereocenters. The van der Waals surface area contributed by atoms with Crippen LogP contribution in [0.25, 0.3) is 32.4 Å². The number of hydrogen-bond acceptors (Lipinski definition) is 8. The summed E-state index contributed by atoms with van der Waals surface area (Å²) in [5.74, 6) is -4.02. The third-order valence-electron chi connectivity index (χ3n) is 5.53. The molecular weight excluding hydrogens is 551 g/mol. The Bertz CT molecular complexity index is 1780. The van der Waals surface area contributed by atoms with E-state index in [-0.39, 0.29) is 23.0 Å². The lowest BCUT2D eigenvalue weighted by Crippen LogP contribution is -2.17. The smallest absolute Gasteiger partial charge is 0.267 e. The predicted octanol–water partition coefficient (Wildman–Crippen LogP) is 5.74. The number of rotatable bonds is 7. The summed E-state index contributed by atoms with van der Waals surface area (Å²) >= 11 is 1.23. The Morgan fingerprint density at radius 2 is 1.67 bits per heavy atom. The van der Waals surface area contributed by atoms with E-state index in [0.29, 0.717) is 27.7 Å². The number of nitrogens with one attached hydrogen (secondary N) is 1. The standard InChI is InChI=1S/C26H18F3N5O3S2/c1-37-15-12-17(27)24(18(28)13-15)39(35,36)34-19-9-5-8-16(21(19)29)22-23(20-10-11-31-26(30)32-20)38-25(33-22)14-6-3-2-4-7-14/h2-13,34H,1H3,(H2,30,31,32).